The smallest absolute Gasteiger partial charge is 0.250 e. The van der Waals surface area contributed by atoms with Gasteiger partial charge >= 0.3 is 0 Å². The molecule has 1 unspecified atom stereocenters. The molecule has 0 N–H and O–H groups in total. The molecule has 1 heterocycles. The minimum Gasteiger partial charge on any atom is -0.377 e. The maximum Gasteiger partial charge on any atom is 0.250 e. The molecule has 0 amide bonds. The first-order chi connectivity index (χ1) is 15.5. The molecule has 1 aliphatic carbocycles. The normalized spacial score (nSPS) is 14.1. The van der Waals surface area contributed by atoms with Crippen LogP contribution in [0.25, 0.3) is 0 Å². The summed E-state index contributed by atoms with van der Waals surface area (Å²) in [6.45, 7) is 3.19. The van der Waals surface area contributed by atoms with Gasteiger partial charge in [0.05, 0.1) is 16.8 Å². The highest BCUT2D eigenvalue weighted by Crippen LogP contribution is 2.45. The Morgan fingerprint density at radius 3 is 2.52 bits per heavy atom. The minimum absolute atomic E-state index is 0. The lowest BCUT2D eigenvalue weighted by atomic mass is 9.98. The predicted octanol–water partition coefficient (Wildman–Crippen LogP) is 7.38. The van der Waals surface area contributed by atoms with Gasteiger partial charge in [0.25, 0.3) is 0 Å². The topological polar surface area (TPSA) is 43.2 Å². The molecular formula is C24H28Cl3FN4O. The highest BCUT2D eigenvalue weighted by molar-refractivity contribution is 6.36. The van der Waals surface area contributed by atoms with Crippen LogP contribution in [0.1, 0.15) is 50.0 Å². The van der Waals surface area contributed by atoms with Crippen LogP contribution in [0.4, 0.5) is 16.0 Å². The van der Waals surface area contributed by atoms with E-state index in [1.54, 1.807) is 13.2 Å². The Kier molecular flexibility index (Phi) is 8.99. The maximum atomic E-state index is 13.7. The van der Waals surface area contributed by atoms with Crippen molar-refractivity contribution in [2.75, 3.05) is 12.0 Å². The molecule has 4 rings (SSSR count). The van der Waals surface area contributed by atoms with Gasteiger partial charge in [0.1, 0.15) is 12.4 Å². The number of methoxy groups -OCH3 is 1. The third kappa shape index (κ3) is 6.18. The van der Waals surface area contributed by atoms with Crippen molar-refractivity contribution in [3.63, 3.8) is 0 Å². The zero-order valence-electron chi connectivity index (χ0n) is 18.7. The van der Waals surface area contributed by atoms with Crippen LogP contribution in [0.2, 0.25) is 10.0 Å². The van der Waals surface area contributed by atoms with Crippen molar-refractivity contribution in [3.05, 3.63) is 69.7 Å². The van der Waals surface area contributed by atoms with Crippen LogP contribution in [0.5, 0.6) is 0 Å². The van der Waals surface area contributed by atoms with Crippen LogP contribution in [-0.2, 0) is 17.9 Å². The molecule has 0 aliphatic heterocycles. The van der Waals surface area contributed by atoms with Crippen LogP contribution < -0.4 is 4.90 Å². The number of benzene rings is 2. The average Bonchev–Trinajstić information content (AvgIpc) is 3.50. The van der Waals surface area contributed by atoms with Gasteiger partial charge in [0, 0.05) is 18.7 Å². The summed E-state index contributed by atoms with van der Waals surface area (Å²) < 4.78 is 21.0. The number of aryl methyl sites for hydroxylation is 1. The first kappa shape index (κ1) is 25.8. The van der Waals surface area contributed by atoms with E-state index < -0.39 is 0 Å². The molecule has 9 heteroatoms. The van der Waals surface area contributed by atoms with E-state index in [1.807, 2.05) is 28.9 Å². The molecule has 178 valence electrons. The van der Waals surface area contributed by atoms with Crippen molar-refractivity contribution in [2.45, 2.75) is 51.8 Å². The van der Waals surface area contributed by atoms with Gasteiger partial charge in [-0.3, -0.25) is 0 Å². The van der Waals surface area contributed by atoms with E-state index in [9.17, 15) is 4.39 Å². The SMILES string of the molecule is CCCn1nc(N(c2ccc(Cl)cc2Cl)C(CC2CC2)c2ccc(F)cc2)nc1COC.Cl. The lowest BCUT2D eigenvalue weighted by molar-refractivity contribution is 0.173. The van der Waals surface area contributed by atoms with E-state index in [4.69, 9.17) is 38.0 Å². The highest BCUT2D eigenvalue weighted by Gasteiger charge is 2.34. The fourth-order valence-electron chi connectivity index (χ4n) is 3.93. The minimum atomic E-state index is -0.261. The second kappa shape index (κ2) is 11.5. The van der Waals surface area contributed by atoms with E-state index >= 15 is 0 Å². The van der Waals surface area contributed by atoms with Gasteiger partial charge in [-0.25, -0.2) is 9.07 Å². The van der Waals surface area contributed by atoms with E-state index in [-0.39, 0.29) is 24.3 Å². The average molecular weight is 514 g/mol. The monoisotopic (exact) mass is 512 g/mol. The van der Waals surface area contributed by atoms with E-state index in [2.05, 4.69) is 11.8 Å². The summed E-state index contributed by atoms with van der Waals surface area (Å²) in [5, 5.41) is 5.91. The molecule has 1 atom stereocenters. The molecule has 0 spiro atoms. The first-order valence-corrected chi connectivity index (χ1v) is 11.7. The number of hydrogen-bond donors (Lipinski definition) is 0. The number of rotatable bonds is 10. The van der Waals surface area contributed by atoms with Gasteiger partial charge in [-0.05, 0) is 54.7 Å². The Bertz CT molecular complexity index is 1030. The molecule has 0 saturated heterocycles. The summed E-state index contributed by atoms with van der Waals surface area (Å²) in [6.07, 6.45) is 4.19. The highest BCUT2D eigenvalue weighted by atomic mass is 35.5. The molecule has 0 radical (unpaired) electrons. The Hall–Kier alpha value is -1.86. The Morgan fingerprint density at radius 1 is 1.18 bits per heavy atom. The third-order valence-corrected chi connectivity index (χ3v) is 6.19. The predicted molar refractivity (Wildman–Crippen MR) is 133 cm³/mol. The molecular weight excluding hydrogens is 486 g/mol. The van der Waals surface area contributed by atoms with Gasteiger partial charge < -0.3 is 9.64 Å². The number of aromatic nitrogens is 3. The fraction of sp³-hybridized carbons (Fsp3) is 0.417. The lowest BCUT2D eigenvalue weighted by Gasteiger charge is -2.32. The Morgan fingerprint density at radius 2 is 1.91 bits per heavy atom. The summed E-state index contributed by atoms with van der Waals surface area (Å²) >= 11 is 12.9. The zero-order chi connectivity index (χ0) is 22.7. The Labute approximate surface area is 210 Å². The number of anilines is 2. The summed E-state index contributed by atoms with van der Waals surface area (Å²) in [5.41, 5.74) is 1.76. The first-order valence-electron chi connectivity index (χ1n) is 10.9. The van der Waals surface area contributed by atoms with Crippen molar-refractivity contribution in [3.8, 4) is 0 Å². The van der Waals surface area contributed by atoms with Crippen LogP contribution in [0.3, 0.4) is 0 Å². The van der Waals surface area contributed by atoms with Crippen LogP contribution in [0, 0.1) is 11.7 Å². The van der Waals surface area contributed by atoms with Gasteiger partial charge in [0.15, 0.2) is 5.82 Å². The van der Waals surface area contributed by atoms with Crippen LogP contribution >= 0.6 is 35.6 Å². The van der Waals surface area contributed by atoms with Crippen LogP contribution in [0.15, 0.2) is 42.5 Å². The van der Waals surface area contributed by atoms with Crippen molar-refractivity contribution in [1.29, 1.82) is 0 Å². The largest absolute Gasteiger partial charge is 0.377 e. The van der Waals surface area contributed by atoms with E-state index in [0.29, 0.717) is 28.5 Å². The fourth-order valence-corrected chi connectivity index (χ4v) is 4.43. The summed E-state index contributed by atoms with van der Waals surface area (Å²) in [6, 6.07) is 12.0. The Balaban J connectivity index is 0.00000306. The lowest BCUT2D eigenvalue weighted by Crippen LogP contribution is -2.26. The molecule has 1 aromatic heterocycles. The second-order valence-corrected chi connectivity index (χ2v) is 9.04. The van der Waals surface area contributed by atoms with Gasteiger partial charge in [-0.2, -0.15) is 4.98 Å². The summed E-state index contributed by atoms with van der Waals surface area (Å²) in [7, 11) is 1.65. The number of hydrogen-bond acceptors (Lipinski definition) is 4. The number of halogens is 4. The molecule has 2 aromatic carbocycles. The molecule has 1 fully saturated rings. The van der Waals surface area contributed by atoms with Crippen molar-refractivity contribution in [1.82, 2.24) is 14.8 Å². The van der Waals surface area contributed by atoms with Gasteiger partial charge in [-0.1, -0.05) is 55.1 Å². The molecule has 3 aromatic rings. The van der Waals surface area contributed by atoms with Crippen molar-refractivity contribution in [2.24, 2.45) is 5.92 Å². The number of ether oxygens (including phenoxy) is 1. The summed E-state index contributed by atoms with van der Waals surface area (Å²) in [4.78, 5) is 6.90. The van der Waals surface area contributed by atoms with Crippen molar-refractivity contribution >= 4 is 47.2 Å². The van der Waals surface area contributed by atoms with Gasteiger partial charge in [-0.15, -0.1) is 17.5 Å². The molecule has 33 heavy (non-hydrogen) atoms. The quantitative estimate of drug-likeness (QED) is 0.284. The second-order valence-electron chi connectivity index (χ2n) is 8.20. The third-order valence-electron chi connectivity index (χ3n) is 5.65. The van der Waals surface area contributed by atoms with E-state index in [0.717, 1.165) is 36.5 Å². The van der Waals surface area contributed by atoms with E-state index in [1.165, 1.54) is 25.0 Å². The molecule has 5 nitrogen and oxygen atoms in total. The molecule has 1 saturated carbocycles. The van der Waals surface area contributed by atoms with Crippen molar-refractivity contribution < 1.29 is 9.13 Å². The maximum absolute atomic E-state index is 13.7. The molecule has 0 bridgehead atoms. The summed E-state index contributed by atoms with van der Waals surface area (Å²) in [5.74, 6) is 1.64. The zero-order valence-corrected chi connectivity index (χ0v) is 21.0. The van der Waals surface area contributed by atoms with Gasteiger partial charge in [0.2, 0.25) is 5.95 Å². The van der Waals surface area contributed by atoms with Crippen LogP contribution in [-0.4, -0.2) is 21.9 Å². The number of nitrogens with zero attached hydrogens (tertiary/aromatic N) is 4. The molecule has 1 aliphatic rings. The standard InChI is InChI=1S/C24H27Cl2FN4O.ClH/c1-3-12-30-23(15-32-2)28-24(29-30)31(21-11-8-18(25)14-20(21)26)22(13-16-4-5-16)17-6-9-19(27)10-7-17;/h6-11,14,16,22H,3-5,12-13,15H2,1-2H3;1H.